The molecule has 0 saturated carbocycles. The van der Waals surface area contributed by atoms with Crippen LogP contribution in [0.1, 0.15) is 50.6 Å². The molecule has 0 bridgehead atoms. The van der Waals surface area contributed by atoms with Crippen molar-refractivity contribution in [3.05, 3.63) is 18.0 Å². The van der Waals surface area contributed by atoms with Crippen molar-refractivity contribution in [2.24, 2.45) is 0 Å². The zero-order valence-electron chi connectivity index (χ0n) is 17.3. The first-order valence-corrected chi connectivity index (χ1v) is 11.0. The summed E-state index contributed by atoms with van der Waals surface area (Å²) in [7, 11) is 0. The molecule has 0 atom stereocenters. The monoisotopic (exact) mass is 399 g/mol. The molecule has 0 unspecified atom stereocenters. The Bertz CT molecular complexity index is 763. The lowest BCUT2D eigenvalue weighted by Gasteiger charge is -2.28. The number of nitrogen functional groups attached to an aromatic ring is 1. The first kappa shape index (κ1) is 19.9. The molecule has 4 rings (SSSR count). The molecule has 2 saturated heterocycles. The van der Waals surface area contributed by atoms with Crippen molar-refractivity contribution in [2.45, 2.75) is 58.0 Å². The maximum absolute atomic E-state index is 6.00. The molecule has 0 radical (unpaired) electrons. The van der Waals surface area contributed by atoms with Gasteiger partial charge in [-0.25, -0.2) is 0 Å². The van der Waals surface area contributed by atoms with Gasteiger partial charge in [-0.2, -0.15) is 9.97 Å². The molecule has 158 valence electrons. The topological polar surface area (TPSA) is 101 Å². The number of piperidine rings is 2. The van der Waals surface area contributed by atoms with Crippen molar-refractivity contribution < 1.29 is 0 Å². The second kappa shape index (κ2) is 9.87. The largest absolute Gasteiger partial charge is 0.383 e. The van der Waals surface area contributed by atoms with E-state index in [0.29, 0.717) is 18.3 Å². The van der Waals surface area contributed by atoms with Crippen LogP contribution in [0.15, 0.2) is 12.3 Å². The smallest absolute Gasteiger partial charge is 0.226 e. The van der Waals surface area contributed by atoms with Crippen molar-refractivity contribution in [2.75, 3.05) is 48.7 Å². The molecule has 2 aromatic heterocycles. The molecule has 0 aliphatic carbocycles. The summed E-state index contributed by atoms with van der Waals surface area (Å²) in [5, 5.41) is 11.8. The maximum Gasteiger partial charge on any atom is 0.226 e. The highest BCUT2D eigenvalue weighted by molar-refractivity contribution is 5.51. The molecule has 0 spiro atoms. The molecule has 2 aliphatic heterocycles. The summed E-state index contributed by atoms with van der Waals surface area (Å²) in [5.41, 5.74) is 6.88. The zero-order valence-corrected chi connectivity index (χ0v) is 17.3. The van der Waals surface area contributed by atoms with Gasteiger partial charge in [-0.3, -0.25) is 4.68 Å². The highest BCUT2D eigenvalue weighted by atomic mass is 15.4. The van der Waals surface area contributed by atoms with E-state index in [2.05, 4.69) is 35.4 Å². The van der Waals surface area contributed by atoms with Crippen LogP contribution in [0.4, 0.5) is 17.6 Å². The minimum Gasteiger partial charge on any atom is -0.383 e. The fourth-order valence-corrected chi connectivity index (χ4v) is 4.15. The van der Waals surface area contributed by atoms with Crippen molar-refractivity contribution in [3.63, 3.8) is 0 Å². The van der Waals surface area contributed by atoms with Gasteiger partial charge in [-0.15, -0.1) is 5.10 Å². The Hall–Kier alpha value is -2.42. The van der Waals surface area contributed by atoms with Crippen molar-refractivity contribution >= 4 is 17.6 Å². The van der Waals surface area contributed by atoms with Gasteiger partial charge in [0.2, 0.25) is 5.95 Å². The van der Waals surface area contributed by atoms with Crippen LogP contribution in [0.5, 0.6) is 0 Å². The van der Waals surface area contributed by atoms with Crippen molar-refractivity contribution in [1.29, 1.82) is 0 Å². The normalized spacial score (nSPS) is 18.1. The quantitative estimate of drug-likeness (QED) is 0.696. The summed E-state index contributed by atoms with van der Waals surface area (Å²) in [4.78, 5) is 13.8. The van der Waals surface area contributed by atoms with E-state index in [4.69, 9.17) is 5.73 Å². The third-order valence-electron chi connectivity index (χ3n) is 5.74. The molecule has 3 N–H and O–H groups in total. The molecule has 0 amide bonds. The van der Waals surface area contributed by atoms with Gasteiger partial charge in [0.15, 0.2) is 0 Å². The highest BCUT2D eigenvalue weighted by Crippen LogP contribution is 2.20. The number of aromatic nitrogens is 5. The number of hydrogen-bond acceptors (Lipinski definition) is 8. The fourth-order valence-electron chi connectivity index (χ4n) is 4.15. The summed E-state index contributed by atoms with van der Waals surface area (Å²) >= 11 is 0. The number of likely N-dealkylation sites (tertiary alicyclic amines) is 1. The van der Waals surface area contributed by atoms with Gasteiger partial charge in [0.25, 0.3) is 0 Å². The van der Waals surface area contributed by atoms with E-state index in [1.165, 1.54) is 51.6 Å². The molecule has 29 heavy (non-hydrogen) atoms. The Morgan fingerprint density at radius 2 is 1.69 bits per heavy atom. The average Bonchev–Trinajstić information content (AvgIpc) is 3.21. The number of rotatable bonds is 8. The van der Waals surface area contributed by atoms with Crippen LogP contribution in [0.25, 0.3) is 0 Å². The van der Waals surface area contributed by atoms with Crippen LogP contribution in [0.2, 0.25) is 0 Å². The van der Waals surface area contributed by atoms with E-state index in [1.807, 2.05) is 16.9 Å². The van der Waals surface area contributed by atoms with E-state index in [1.54, 1.807) is 0 Å². The van der Waals surface area contributed by atoms with Crippen LogP contribution < -0.4 is 16.0 Å². The Morgan fingerprint density at radius 3 is 2.48 bits per heavy atom. The molecule has 9 heteroatoms. The first-order valence-electron chi connectivity index (χ1n) is 11.0. The summed E-state index contributed by atoms with van der Waals surface area (Å²) < 4.78 is 1.93. The Morgan fingerprint density at radius 1 is 0.931 bits per heavy atom. The summed E-state index contributed by atoms with van der Waals surface area (Å²) in [6.07, 6.45) is 10.9. The van der Waals surface area contributed by atoms with E-state index in [0.717, 1.165) is 44.1 Å². The van der Waals surface area contributed by atoms with Crippen LogP contribution in [-0.2, 0) is 13.1 Å². The predicted octanol–water partition coefficient (Wildman–Crippen LogP) is 2.13. The molecule has 4 heterocycles. The summed E-state index contributed by atoms with van der Waals surface area (Å²) in [6, 6.07) is 1.86. The van der Waals surface area contributed by atoms with Crippen LogP contribution >= 0.6 is 0 Å². The molecule has 2 fully saturated rings. The minimum absolute atomic E-state index is 0.490. The number of nitrogens with two attached hydrogens (primary N) is 1. The van der Waals surface area contributed by atoms with Crippen molar-refractivity contribution in [3.8, 4) is 0 Å². The second-order valence-corrected chi connectivity index (χ2v) is 8.10. The lowest BCUT2D eigenvalue weighted by molar-refractivity contribution is 0.221. The molecule has 9 nitrogen and oxygen atoms in total. The van der Waals surface area contributed by atoms with Crippen LogP contribution in [0, 0.1) is 0 Å². The predicted molar refractivity (Wildman–Crippen MR) is 115 cm³/mol. The van der Waals surface area contributed by atoms with E-state index >= 15 is 0 Å². The van der Waals surface area contributed by atoms with Crippen molar-refractivity contribution in [1.82, 2.24) is 29.9 Å². The molecule has 2 aliphatic rings. The minimum atomic E-state index is 0.490. The van der Waals surface area contributed by atoms with E-state index < -0.39 is 0 Å². The van der Waals surface area contributed by atoms with E-state index in [-0.39, 0.29) is 0 Å². The fraction of sp³-hybridized carbons (Fsp3) is 0.700. The standard InChI is InChI=1S/C20H33N9/c21-18-14-19(28-11-5-2-6-12-28)24-20(23-18)22-15-17-16-29(26-25-17)13-7-10-27-8-3-1-4-9-27/h14,16H,1-13,15H2,(H3,21,22,23,24). The number of aryl methyl sites for hydroxylation is 1. The van der Waals surface area contributed by atoms with Gasteiger partial charge >= 0.3 is 0 Å². The Kier molecular flexibility index (Phi) is 6.76. The molecular formula is C20H33N9. The lowest BCUT2D eigenvalue weighted by Crippen LogP contribution is -2.31. The third-order valence-corrected chi connectivity index (χ3v) is 5.74. The second-order valence-electron chi connectivity index (χ2n) is 8.10. The first-order chi connectivity index (χ1) is 14.3. The van der Waals surface area contributed by atoms with Gasteiger partial charge in [-0.1, -0.05) is 11.6 Å². The highest BCUT2D eigenvalue weighted by Gasteiger charge is 2.14. The number of hydrogen-bond donors (Lipinski definition) is 2. The third kappa shape index (κ3) is 5.79. The number of anilines is 3. The van der Waals surface area contributed by atoms with Gasteiger partial charge in [-0.05, 0) is 58.2 Å². The van der Waals surface area contributed by atoms with Gasteiger partial charge < -0.3 is 20.9 Å². The molecule has 2 aromatic rings. The zero-order chi connectivity index (χ0) is 19.9. The lowest BCUT2D eigenvalue weighted by atomic mass is 10.1. The van der Waals surface area contributed by atoms with Gasteiger partial charge in [0.1, 0.15) is 17.3 Å². The Balaban J connectivity index is 1.26. The van der Waals surface area contributed by atoms with E-state index in [9.17, 15) is 0 Å². The SMILES string of the molecule is Nc1cc(N2CCCCC2)nc(NCc2cn(CCCN3CCCCC3)nn2)n1. The molecular weight excluding hydrogens is 366 g/mol. The van der Waals surface area contributed by atoms with Crippen LogP contribution in [-0.4, -0.2) is 62.6 Å². The summed E-state index contributed by atoms with van der Waals surface area (Å²) in [6.45, 7) is 7.12. The molecule has 0 aromatic carbocycles. The average molecular weight is 400 g/mol. The van der Waals surface area contributed by atoms with Crippen LogP contribution in [0.3, 0.4) is 0 Å². The number of nitrogens with one attached hydrogen (secondary N) is 1. The number of nitrogens with zero attached hydrogens (tertiary/aromatic N) is 7. The van der Waals surface area contributed by atoms with Gasteiger partial charge in [0.05, 0.1) is 12.7 Å². The van der Waals surface area contributed by atoms with Gasteiger partial charge in [0, 0.05) is 25.7 Å². The summed E-state index contributed by atoms with van der Waals surface area (Å²) in [5.74, 6) is 1.94. The maximum atomic E-state index is 6.00. The Labute approximate surface area is 172 Å².